The number of hydrogen-bond acceptors (Lipinski definition) is 2. The summed E-state index contributed by atoms with van der Waals surface area (Å²) in [6, 6.07) is 4.96. The Hall–Kier alpha value is -1.93. The number of halogens is 2. The van der Waals surface area contributed by atoms with Gasteiger partial charge in [0, 0.05) is 12.6 Å². The van der Waals surface area contributed by atoms with Crippen LogP contribution in [0.5, 0.6) is 0 Å². The van der Waals surface area contributed by atoms with E-state index in [-0.39, 0.29) is 12.2 Å². The van der Waals surface area contributed by atoms with Gasteiger partial charge in [-0.05, 0) is 24.6 Å². The lowest BCUT2D eigenvalue weighted by Crippen LogP contribution is -2.31. The smallest absolute Gasteiger partial charge is 0.255 e. The highest BCUT2D eigenvalue weighted by Crippen LogP contribution is 2.13. The molecule has 1 aromatic rings. The standard InChI is InChI=1S/C14H15F2NO2/c1-10-5-6-12(11(8-10)4-3-7-18)14(19)17(2)9-13(15)16/h5-6,8,13,18H,7,9H2,1-2H3. The average molecular weight is 267 g/mol. The first kappa shape index (κ1) is 15.1. The topological polar surface area (TPSA) is 40.5 Å². The molecule has 102 valence electrons. The molecule has 1 N–H and O–H groups in total. The number of rotatable bonds is 3. The molecule has 0 bridgehead atoms. The maximum Gasteiger partial charge on any atom is 0.255 e. The van der Waals surface area contributed by atoms with Crippen molar-refractivity contribution < 1.29 is 18.7 Å². The number of benzene rings is 1. The molecule has 19 heavy (non-hydrogen) atoms. The van der Waals surface area contributed by atoms with Crippen molar-refractivity contribution in [3.05, 3.63) is 34.9 Å². The fourth-order valence-corrected chi connectivity index (χ4v) is 1.58. The molecule has 0 aliphatic carbocycles. The molecule has 5 heteroatoms. The van der Waals surface area contributed by atoms with E-state index in [0.717, 1.165) is 10.5 Å². The first-order valence-electron chi connectivity index (χ1n) is 5.69. The summed E-state index contributed by atoms with van der Waals surface area (Å²) in [7, 11) is 1.32. The van der Waals surface area contributed by atoms with Gasteiger partial charge in [-0.15, -0.1) is 0 Å². The van der Waals surface area contributed by atoms with E-state index < -0.39 is 18.9 Å². The van der Waals surface area contributed by atoms with E-state index >= 15 is 0 Å². The Morgan fingerprint density at radius 3 is 2.74 bits per heavy atom. The summed E-state index contributed by atoms with van der Waals surface area (Å²) in [6.45, 7) is 0.884. The second-order valence-corrected chi connectivity index (χ2v) is 4.09. The van der Waals surface area contributed by atoms with Gasteiger partial charge in [0.05, 0.1) is 12.1 Å². The van der Waals surface area contributed by atoms with Crippen LogP contribution in [0.25, 0.3) is 0 Å². The molecule has 0 fully saturated rings. The molecule has 0 aliphatic heterocycles. The van der Waals surface area contributed by atoms with Crippen LogP contribution in [-0.4, -0.2) is 42.5 Å². The maximum absolute atomic E-state index is 12.3. The van der Waals surface area contributed by atoms with Crippen LogP contribution in [0.1, 0.15) is 21.5 Å². The van der Waals surface area contributed by atoms with Gasteiger partial charge in [0.1, 0.15) is 6.61 Å². The predicted octanol–water partition coefficient (Wildman–Crippen LogP) is 1.68. The van der Waals surface area contributed by atoms with Crippen LogP contribution in [0.15, 0.2) is 18.2 Å². The molecule has 0 unspecified atom stereocenters. The highest BCUT2D eigenvalue weighted by atomic mass is 19.3. The average Bonchev–Trinajstić information content (AvgIpc) is 2.34. The highest BCUT2D eigenvalue weighted by Gasteiger charge is 2.18. The van der Waals surface area contributed by atoms with Crippen molar-refractivity contribution in [1.82, 2.24) is 4.90 Å². The Morgan fingerprint density at radius 2 is 2.16 bits per heavy atom. The number of aryl methyl sites for hydroxylation is 1. The molecule has 0 radical (unpaired) electrons. The van der Waals surface area contributed by atoms with Gasteiger partial charge in [-0.3, -0.25) is 4.79 Å². The van der Waals surface area contributed by atoms with Gasteiger partial charge in [-0.2, -0.15) is 0 Å². The van der Waals surface area contributed by atoms with E-state index in [1.54, 1.807) is 18.2 Å². The van der Waals surface area contributed by atoms with Crippen molar-refractivity contribution in [2.45, 2.75) is 13.3 Å². The molecule has 0 saturated carbocycles. The van der Waals surface area contributed by atoms with Gasteiger partial charge < -0.3 is 10.0 Å². The summed E-state index contributed by atoms with van der Waals surface area (Å²) < 4.78 is 24.5. The van der Waals surface area contributed by atoms with Gasteiger partial charge in [-0.25, -0.2) is 8.78 Å². The van der Waals surface area contributed by atoms with Crippen molar-refractivity contribution in [2.75, 3.05) is 20.2 Å². The molecule has 3 nitrogen and oxygen atoms in total. The van der Waals surface area contributed by atoms with Crippen molar-refractivity contribution in [1.29, 1.82) is 0 Å². The Bertz CT molecular complexity index is 518. The van der Waals surface area contributed by atoms with Crippen LogP contribution in [0.4, 0.5) is 8.78 Å². The molecule has 0 aliphatic rings. The summed E-state index contributed by atoms with van der Waals surface area (Å²) in [6.07, 6.45) is -2.58. The molecule has 1 amide bonds. The zero-order valence-corrected chi connectivity index (χ0v) is 10.8. The minimum Gasteiger partial charge on any atom is -0.384 e. The Kier molecular flexibility index (Phi) is 5.46. The largest absolute Gasteiger partial charge is 0.384 e. The summed E-state index contributed by atoms with van der Waals surface area (Å²) in [4.78, 5) is 13.0. The molecule has 1 rings (SSSR count). The van der Waals surface area contributed by atoms with E-state index in [2.05, 4.69) is 11.8 Å². The first-order valence-corrected chi connectivity index (χ1v) is 5.69. The van der Waals surface area contributed by atoms with Gasteiger partial charge in [-0.1, -0.05) is 17.9 Å². The number of carbonyl (C=O) groups is 1. The molecule has 0 heterocycles. The van der Waals surface area contributed by atoms with Crippen LogP contribution < -0.4 is 0 Å². The number of amides is 1. The van der Waals surface area contributed by atoms with Crippen LogP contribution in [0.3, 0.4) is 0 Å². The van der Waals surface area contributed by atoms with Crippen LogP contribution in [0, 0.1) is 18.8 Å². The number of aliphatic hydroxyl groups excluding tert-OH is 1. The minimum atomic E-state index is -2.58. The van der Waals surface area contributed by atoms with Crippen molar-refractivity contribution in [3.8, 4) is 11.8 Å². The summed E-state index contributed by atoms with van der Waals surface area (Å²) in [5.41, 5.74) is 1.59. The Morgan fingerprint density at radius 1 is 1.47 bits per heavy atom. The lowest BCUT2D eigenvalue weighted by Gasteiger charge is -2.17. The molecular weight excluding hydrogens is 252 g/mol. The maximum atomic E-state index is 12.3. The molecule has 0 atom stereocenters. The second-order valence-electron chi connectivity index (χ2n) is 4.09. The lowest BCUT2D eigenvalue weighted by molar-refractivity contribution is 0.0620. The zero-order chi connectivity index (χ0) is 14.4. The van der Waals surface area contributed by atoms with Crippen LogP contribution in [0.2, 0.25) is 0 Å². The molecule has 0 spiro atoms. The van der Waals surface area contributed by atoms with Crippen molar-refractivity contribution in [2.24, 2.45) is 0 Å². The summed E-state index contributed by atoms with van der Waals surface area (Å²) >= 11 is 0. The van der Waals surface area contributed by atoms with Crippen LogP contribution in [-0.2, 0) is 0 Å². The van der Waals surface area contributed by atoms with E-state index in [9.17, 15) is 13.6 Å². The van der Waals surface area contributed by atoms with Crippen molar-refractivity contribution in [3.63, 3.8) is 0 Å². The van der Waals surface area contributed by atoms with Gasteiger partial charge in [0.2, 0.25) is 0 Å². The van der Waals surface area contributed by atoms with E-state index in [1.165, 1.54) is 7.05 Å². The van der Waals surface area contributed by atoms with Crippen LogP contribution >= 0.6 is 0 Å². The third kappa shape index (κ3) is 4.34. The zero-order valence-electron chi connectivity index (χ0n) is 10.8. The fraction of sp³-hybridized carbons (Fsp3) is 0.357. The summed E-state index contributed by atoms with van der Waals surface area (Å²) in [5, 5.41) is 8.69. The molecule has 1 aromatic carbocycles. The highest BCUT2D eigenvalue weighted by molar-refractivity contribution is 5.96. The lowest BCUT2D eigenvalue weighted by atomic mass is 10.0. The third-order valence-electron chi connectivity index (χ3n) is 2.47. The Labute approximate surface area is 110 Å². The first-order chi connectivity index (χ1) is 8.95. The number of carbonyl (C=O) groups excluding carboxylic acids is 1. The minimum absolute atomic E-state index is 0.259. The second kappa shape index (κ2) is 6.86. The third-order valence-corrected chi connectivity index (χ3v) is 2.47. The number of hydrogen-bond donors (Lipinski definition) is 1. The quantitative estimate of drug-likeness (QED) is 0.846. The SMILES string of the molecule is Cc1ccc(C(=O)N(C)CC(F)F)c(C#CCO)c1. The van der Waals surface area contributed by atoms with Gasteiger partial charge >= 0.3 is 0 Å². The molecule has 0 saturated heterocycles. The van der Waals surface area contributed by atoms with Gasteiger partial charge in [0.15, 0.2) is 0 Å². The Balaban J connectivity index is 3.08. The number of alkyl halides is 2. The normalized spacial score (nSPS) is 10.0. The van der Waals surface area contributed by atoms with E-state index in [4.69, 9.17) is 5.11 Å². The van der Waals surface area contributed by atoms with Gasteiger partial charge in [0.25, 0.3) is 12.3 Å². The fourth-order valence-electron chi connectivity index (χ4n) is 1.58. The van der Waals surface area contributed by atoms with E-state index in [1.807, 2.05) is 6.92 Å². The van der Waals surface area contributed by atoms with Crippen molar-refractivity contribution >= 4 is 5.91 Å². The van der Waals surface area contributed by atoms with E-state index in [0.29, 0.717) is 5.56 Å². The monoisotopic (exact) mass is 267 g/mol. The molecule has 0 aromatic heterocycles. The predicted molar refractivity (Wildman–Crippen MR) is 68.1 cm³/mol. The number of aliphatic hydroxyl groups is 1. The summed E-state index contributed by atoms with van der Waals surface area (Å²) in [5.74, 6) is 4.60. The number of nitrogens with zero attached hydrogens (tertiary/aromatic N) is 1. The molecular formula is C14H15F2NO2.